The molecule has 4 nitrogen and oxygen atoms in total. The van der Waals surface area contributed by atoms with Crippen LogP contribution in [0.1, 0.15) is 15.9 Å². The zero-order valence-corrected chi connectivity index (χ0v) is 10.9. The Kier molecular flexibility index (Phi) is 4.05. The minimum Gasteiger partial charge on any atom is -0.504 e. The molecule has 4 heteroatoms. The van der Waals surface area contributed by atoms with E-state index in [4.69, 9.17) is 4.74 Å². The lowest BCUT2D eigenvalue weighted by molar-refractivity contribution is 0.0975. The van der Waals surface area contributed by atoms with Crippen molar-refractivity contribution in [2.75, 3.05) is 7.11 Å². The molecule has 0 bridgehead atoms. The van der Waals surface area contributed by atoms with Crippen molar-refractivity contribution in [3.8, 4) is 5.75 Å². The molecule has 0 spiro atoms. The molecule has 0 saturated heterocycles. The number of benzene rings is 2. The van der Waals surface area contributed by atoms with E-state index in [9.17, 15) is 15.0 Å². The Balaban J connectivity index is 2.31. The second-order valence-corrected chi connectivity index (χ2v) is 4.12. The van der Waals surface area contributed by atoms with Crippen LogP contribution in [0.2, 0.25) is 0 Å². The van der Waals surface area contributed by atoms with Gasteiger partial charge in [0, 0.05) is 11.1 Å². The van der Waals surface area contributed by atoms with E-state index >= 15 is 0 Å². The molecular formula is C16H14O4. The van der Waals surface area contributed by atoms with Crippen molar-refractivity contribution in [3.05, 3.63) is 71.5 Å². The van der Waals surface area contributed by atoms with Crippen molar-refractivity contribution in [3.63, 3.8) is 0 Å². The van der Waals surface area contributed by atoms with Crippen LogP contribution in [0.3, 0.4) is 0 Å². The van der Waals surface area contributed by atoms with Crippen molar-refractivity contribution in [1.82, 2.24) is 0 Å². The van der Waals surface area contributed by atoms with Crippen LogP contribution in [0.25, 0.3) is 5.76 Å². The third kappa shape index (κ3) is 2.80. The Morgan fingerprint density at radius 2 is 1.50 bits per heavy atom. The number of ketones is 1. The summed E-state index contributed by atoms with van der Waals surface area (Å²) in [4.78, 5) is 12.1. The summed E-state index contributed by atoms with van der Waals surface area (Å²) in [6, 6.07) is 14.7. The number of hydrogen-bond donors (Lipinski definition) is 2. The molecule has 0 radical (unpaired) electrons. The molecule has 0 aliphatic heterocycles. The van der Waals surface area contributed by atoms with Crippen molar-refractivity contribution >= 4 is 11.5 Å². The number of hydrogen-bond acceptors (Lipinski definition) is 4. The quantitative estimate of drug-likeness (QED) is 0.508. The SMILES string of the molecule is COc1ccc(C(=O)C(O)=C(O)c2ccccc2)cc1. The lowest BCUT2D eigenvalue weighted by Crippen LogP contribution is -2.06. The van der Waals surface area contributed by atoms with Crippen LogP contribution < -0.4 is 4.74 Å². The maximum absolute atomic E-state index is 12.1. The monoisotopic (exact) mass is 270 g/mol. The Hall–Kier alpha value is -2.75. The molecule has 0 heterocycles. The third-order valence-electron chi connectivity index (χ3n) is 2.84. The molecule has 0 unspecified atom stereocenters. The molecule has 0 aliphatic rings. The average molecular weight is 270 g/mol. The maximum atomic E-state index is 12.1. The molecule has 2 aromatic carbocycles. The molecule has 0 aliphatic carbocycles. The number of rotatable bonds is 4. The molecule has 102 valence electrons. The largest absolute Gasteiger partial charge is 0.504 e. The fraction of sp³-hybridized carbons (Fsp3) is 0.0625. The van der Waals surface area contributed by atoms with Gasteiger partial charge in [-0.15, -0.1) is 0 Å². The fourth-order valence-corrected chi connectivity index (χ4v) is 1.72. The van der Waals surface area contributed by atoms with Crippen LogP contribution in [0.15, 0.2) is 60.4 Å². The highest BCUT2D eigenvalue weighted by Gasteiger charge is 2.17. The van der Waals surface area contributed by atoms with Gasteiger partial charge in [0.1, 0.15) is 5.75 Å². The van der Waals surface area contributed by atoms with Gasteiger partial charge >= 0.3 is 0 Å². The third-order valence-corrected chi connectivity index (χ3v) is 2.84. The molecule has 2 rings (SSSR count). The second-order valence-electron chi connectivity index (χ2n) is 4.12. The number of ether oxygens (including phenoxy) is 1. The molecule has 0 atom stereocenters. The number of allylic oxidation sites excluding steroid dienone is 1. The highest BCUT2D eigenvalue weighted by molar-refractivity contribution is 6.10. The van der Waals surface area contributed by atoms with Gasteiger partial charge in [-0.05, 0) is 24.3 Å². The Labute approximate surface area is 116 Å². The molecule has 0 amide bonds. The minimum atomic E-state index is -0.679. The highest BCUT2D eigenvalue weighted by atomic mass is 16.5. The smallest absolute Gasteiger partial charge is 0.231 e. The summed E-state index contributed by atoms with van der Waals surface area (Å²) >= 11 is 0. The van der Waals surface area contributed by atoms with Crippen LogP contribution in [0.5, 0.6) is 5.75 Å². The van der Waals surface area contributed by atoms with Gasteiger partial charge in [0.25, 0.3) is 0 Å². The molecule has 20 heavy (non-hydrogen) atoms. The van der Waals surface area contributed by atoms with Crippen LogP contribution in [0, 0.1) is 0 Å². The van der Waals surface area contributed by atoms with Gasteiger partial charge in [-0.1, -0.05) is 30.3 Å². The Morgan fingerprint density at radius 3 is 2.05 bits per heavy atom. The van der Waals surface area contributed by atoms with E-state index in [0.29, 0.717) is 11.3 Å². The van der Waals surface area contributed by atoms with Gasteiger partial charge in [-0.3, -0.25) is 4.79 Å². The first-order chi connectivity index (χ1) is 9.63. The summed E-state index contributed by atoms with van der Waals surface area (Å²) in [5, 5.41) is 19.8. The summed E-state index contributed by atoms with van der Waals surface area (Å²) in [7, 11) is 1.52. The lowest BCUT2D eigenvalue weighted by atomic mass is 10.1. The van der Waals surface area contributed by atoms with Crippen molar-refractivity contribution < 1.29 is 19.7 Å². The van der Waals surface area contributed by atoms with E-state index in [-0.39, 0.29) is 5.56 Å². The average Bonchev–Trinajstić information content (AvgIpc) is 2.53. The molecule has 2 aromatic rings. The van der Waals surface area contributed by atoms with Crippen LogP contribution in [-0.2, 0) is 0 Å². The first kappa shape index (κ1) is 13.7. The van der Waals surface area contributed by atoms with E-state index in [1.54, 1.807) is 42.5 Å². The zero-order chi connectivity index (χ0) is 14.5. The number of aliphatic hydroxyl groups is 2. The van der Waals surface area contributed by atoms with Gasteiger partial charge < -0.3 is 14.9 Å². The first-order valence-corrected chi connectivity index (χ1v) is 6.00. The standard InChI is InChI=1S/C16H14O4/c1-20-13-9-7-12(8-10-13)15(18)16(19)14(17)11-5-3-2-4-6-11/h2-10,17,19H,1H3. The summed E-state index contributed by atoms with van der Waals surface area (Å²) in [5.74, 6) is -1.15. The maximum Gasteiger partial charge on any atom is 0.231 e. The Bertz CT molecular complexity index is 627. The Morgan fingerprint density at radius 1 is 0.900 bits per heavy atom. The molecule has 0 aromatic heterocycles. The highest BCUT2D eigenvalue weighted by Crippen LogP contribution is 2.19. The summed E-state index contributed by atoms with van der Waals surface area (Å²) < 4.78 is 4.99. The van der Waals surface area contributed by atoms with E-state index < -0.39 is 17.3 Å². The minimum absolute atomic E-state index is 0.269. The summed E-state index contributed by atoms with van der Waals surface area (Å²) in [6.45, 7) is 0. The lowest BCUT2D eigenvalue weighted by Gasteiger charge is -2.05. The molecular weight excluding hydrogens is 256 g/mol. The molecule has 0 saturated carbocycles. The number of aliphatic hydroxyl groups excluding tert-OH is 2. The van der Waals surface area contributed by atoms with Crippen LogP contribution >= 0.6 is 0 Å². The fourth-order valence-electron chi connectivity index (χ4n) is 1.72. The van der Waals surface area contributed by atoms with Gasteiger partial charge in [0.2, 0.25) is 11.5 Å². The van der Waals surface area contributed by atoms with Gasteiger partial charge in [-0.2, -0.15) is 0 Å². The topological polar surface area (TPSA) is 66.8 Å². The first-order valence-electron chi connectivity index (χ1n) is 6.00. The second kappa shape index (κ2) is 5.93. The van der Waals surface area contributed by atoms with E-state index in [1.165, 1.54) is 19.2 Å². The van der Waals surface area contributed by atoms with Crippen molar-refractivity contribution in [1.29, 1.82) is 0 Å². The number of methoxy groups -OCH3 is 1. The summed E-state index contributed by atoms with van der Waals surface area (Å²) in [5.41, 5.74) is 0.651. The normalized spacial score (nSPS) is 11.7. The van der Waals surface area contributed by atoms with Gasteiger partial charge in [0.05, 0.1) is 7.11 Å². The van der Waals surface area contributed by atoms with E-state index in [0.717, 1.165) is 0 Å². The number of carbonyl (C=O) groups excluding carboxylic acids is 1. The molecule has 0 fully saturated rings. The number of Topliss-reactive ketones (excluding diaryl/α,β-unsaturated/α-hetero) is 1. The van der Waals surface area contributed by atoms with Crippen LogP contribution in [-0.4, -0.2) is 23.1 Å². The summed E-state index contributed by atoms with van der Waals surface area (Å²) in [6.07, 6.45) is 0. The zero-order valence-electron chi connectivity index (χ0n) is 10.9. The van der Waals surface area contributed by atoms with Crippen molar-refractivity contribution in [2.45, 2.75) is 0 Å². The van der Waals surface area contributed by atoms with Gasteiger partial charge in [0.15, 0.2) is 5.76 Å². The van der Waals surface area contributed by atoms with E-state index in [2.05, 4.69) is 0 Å². The predicted octanol–water partition coefficient (Wildman–Crippen LogP) is 3.36. The molecule has 2 N–H and O–H groups in total. The van der Waals surface area contributed by atoms with E-state index in [1.807, 2.05) is 0 Å². The number of carbonyl (C=O) groups is 1. The predicted molar refractivity (Wildman–Crippen MR) is 75.9 cm³/mol. The van der Waals surface area contributed by atoms with Crippen LogP contribution in [0.4, 0.5) is 0 Å². The van der Waals surface area contributed by atoms with Gasteiger partial charge in [-0.25, -0.2) is 0 Å². The van der Waals surface area contributed by atoms with Crippen molar-refractivity contribution in [2.24, 2.45) is 0 Å².